The van der Waals surface area contributed by atoms with E-state index in [4.69, 9.17) is 40.5 Å². The molecule has 2 rings (SSSR count). The summed E-state index contributed by atoms with van der Waals surface area (Å²) >= 11 is 17.7. The van der Waals surface area contributed by atoms with Crippen molar-refractivity contribution in [3.63, 3.8) is 0 Å². The lowest BCUT2D eigenvalue weighted by atomic mass is 10.1. The topological polar surface area (TPSA) is 58.4 Å². The van der Waals surface area contributed by atoms with Gasteiger partial charge in [-0.3, -0.25) is 9.69 Å². The average molecular weight is 309 g/mol. The molecule has 3 N–H and O–H groups in total. The molecule has 1 aromatic rings. The second-order valence-corrected chi connectivity index (χ2v) is 5.50. The average Bonchev–Trinajstić information content (AvgIpc) is 2.21. The Morgan fingerprint density at radius 2 is 1.89 bits per heavy atom. The number of carbonyl (C=O) groups excluding carboxylic acids is 1. The van der Waals surface area contributed by atoms with Crippen LogP contribution in [0.25, 0.3) is 0 Å². The van der Waals surface area contributed by atoms with Crippen molar-refractivity contribution >= 4 is 46.4 Å². The molecule has 4 nitrogen and oxygen atoms in total. The number of amides is 1. The first-order chi connectivity index (χ1) is 8.45. The van der Waals surface area contributed by atoms with Gasteiger partial charge in [-0.25, -0.2) is 0 Å². The lowest BCUT2D eigenvalue weighted by molar-refractivity contribution is -0.118. The third-order valence-corrected chi connectivity index (χ3v) is 3.44. The Kier molecular flexibility index (Phi) is 4.35. The van der Waals surface area contributed by atoms with Gasteiger partial charge in [-0.15, -0.1) is 0 Å². The van der Waals surface area contributed by atoms with Crippen molar-refractivity contribution in [3.8, 4) is 0 Å². The second-order valence-electron chi connectivity index (χ2n) is 4.25. The zero-order chi connectivity index (χ0) is 13.3. The number of anilines is 1. The van der Waals surface area contributed by atoms with Crippen molar-refractivity contribution < 1.29 is 4.79 Å². The van der Waals surface area contributed by atoms with Gasteiger partial charge in [-0.1, -0.05) is 34.8 Å². The first kappa shape index (κ1) is 13.9. The van der Waals surface area contributed by atoms with Gasteiger partial charge in [0.25, 0.3) is 0 Å². The molecular weight excluding hydrogens is 296 g/mol. The zero-order valence-corrected chi connectivity index (χ0v) is 11.7. The van der Waals surface area contributed by atoms with Gasteiger partial charge in [0, 0.05) is 24.2 Å². The fourth-order valence-electron chi connectivity index (χ4n) is 1.78. The molecular formula is C11H12Cl3N3O. The molecule has 1 aliphatic rings. The molecule has 0 radical (unpaired) electrons. The number of nitrogens with two attached hydrogens (primary N) is 1. The van der Waals surface area contributed by atoms with Crippen LogP contribution in [-0.2, 0) is 4.79 Å². The highest BCUT2D eigenvalue weighted by Crippen LogP contribution is 2.33. The predicted molar refractivity (Wildman–Crippen MR) is 74.5 cm³/mol. The van der Waals surface area contributed by atoms with Crippen LogP contribution in [0.3, 0.4) is 0 Å². The molecule has 1 heterocycles. The lowest BCUT2D eigenvalue weighted by Gasteiger charge is -2.36. The van der Waals surface area contributed by atoms with Crippen LogP contribution in [-0.4, -0.2) is 36.5 Å². The van der Waals surface area contributed by atoms with E-state index >= 15 is 0 Å². The summed E-state index contributed by atoms with van der Waals surface area (Å²) in [4.78, 5) is 13.7. The first-order valence-electron chi connectivity index (χ1n) is 5.38. The van der Waals surface area contributed by atoms with E-state index in [9.17, 15) is 4.79 Å². The molecule has 1 saturated heterocycles. The van der Waals surface area contributed by atoms with E-state index < -0.39 is 0 Å². The quantitative estimate of drug-likeness (QED) is 0.900. The summed E-state index contributed by atoms with van der Waals surface area (Å²) in [7, 11) is 0. The largest absolute Gasteiger partial charge is 0.325 e. The monoisotopic (exact) mass is 307 g/mol. The van der Waals surface area contributed by atoms with E-state index in [1.165, 1.54) is 12.1 Å². The number of carbonyl (C=O) groups is 1. The van der Waals surface area contributed by atoms with E-state index in [2.05, 4.69) is 5.32 Å². The Bertz CT molecular complexity index is 452. The summed E-state index contributed by atoms with van der Waals surface area (Å²) in [6, 6.07) is 3.23. The Morgan fingerprint density at radius 3 is 2.39 bits per heavy atom. The lowest BCUT2D eigenvalue weighted by Crippen LogP contribution is -2.57. The van der Waals surface area contributed by atoms with Crippen molar-refractivity contribution in [1.82, 2.24) is 4.90 Å². The van der Waals surface area contributed by atoms with Crippen LogP contribution in [0.4, 0.5) is 5.69 Å². The summed E-state index contributed by atoms with van der Waals surface area (Å²) in [5.74, 6) is -0.173. The smallest absolute Gasteiger partial charge is 0.238 e. The molecule has 0 saturated carbocycles. The Balaban J connectivity index is 1.98. The number of rotatable bonds is 3. The van der Waals surface area contributed by atoms with Gasteiger partial charge in [-0.2, -0.15) is 0 Å². The summed E-state index contributed by atoms with van der Waals surface area (Å²) in [5.41, 5.74) is 6.02. The molecule has 1 aliphatic heterocycles. The minimum absolute atomic E-state index is 0.167. The van der Waals surface area contributed by atoms with Crippen molar-refractivity contribution in [2.45, 2.75) is 6.04 Å². The van der Waals surface area contributed by atoms with E-state index in [1.54, 1.807) is 0 Å². The van der Waals surface area contributed by atoms with Gasteiger partial charge in [0.1, 0.15) is 0 Å². The minimum atomic E-state index is -0.173. The van der Waals surface area contributed by atoms with E-state index in [1.807, 2.05) is 4.90 Å². The maximum atomic E-state index is 11.8. The van der Waals surface area contributed by atoms with Gasteiger partial charge >= 0.3 is 0 Å². The third kappa shape index (κ3) is 3.28. The SMILES string of the molecule is NC1CN(CC(=O)Nc2c(Cl)cc(Cl)cc2Cl)C1. The first-order valence-corrected chi connectivity index (χ1v) is 6.51. The molecule has 98 valence electrons. The van der Waals surface area contributed by atoms with Crippen molar-refractivity contribution in [3.05, 3.63) is 27.2 Å². The molecule has 0 spiro atoms. The summed E-state index contributed by atoms with van der Waals surface area (Å²) in [6.07, 6.45) is 0. The van der Waals surface area contributed by atoms with Crippen LogP contribution >= 0.6 is 34.8 Å². The normalized spacial score (nSPS) is 16.4. The van der Waals surface area contributed by atoms with Crippen LogP contribution in [0.5, 0.6) is 0 Å². The second kappa shape index (κ2) is 5.63. The van der Waals surface area contributed by atoms with Crippen LogP contribution in [0, 0.1) is 0 Å². The fourth-order valence-corrected chi connectivity index (χ4v) is 2.69. The minimum Gasteiger partial charge on any atom is -0.325 e. The predicted octanol–water partition coefficient (Wildman–Crippen LogP) is 2.23. The van der Waals surface area contributed by atoms with E-state index in [0.29, 0.717) is 20.8 Å². The Hall–Kier alpha value is -0.520. The van der Waals surface area contributed by atoms with Gasteiger partial charge < -0.3 is 11.1 Å². The third-order valence-electron chi connectivity index (χ3n) is 2.62. The molecule has 0 unspecified atom stereocenters. The number of hydrogen-bond donors (Lipinski definition) is 2. The molecule has 18 heavy (non-hydrogen) atoms. The summed E-state index contributed by atoms with van der Waals surface area (Å²) in [6.45, 7) is 1.74. The molecule has 0 atom stereocenters. The van der Waals surface area contributed by atoms with Crippen LogP contribution < -0.4 is 11.1 Å². The van der Waals surface area contributed by atoms with Crippen molar-refractivity contribution in [2.24, 2.45) is 5.73 Å². The van der Waals surface area contributed by atoms with E-state index in [-0.39, 0.29) is 18.5 Å². The number of halogens is 3. The molecule has 0 bridgehead atoms. The molecule has 1 aromatic carbocycles. The highest BCUT2D eigenvalue weighted by molar-refractivity contribution is 6.42. The molecule has 0 aliphatic carbocycles. The van der Waals surface area contributed by atoms with Crippen LogP contribution in [0.2, 0.25) is 15.1 Å². The number of likely N-dealkylation sites (tertiary alicyclic amines) is 1. The zero-order valence-electron chi connectivity index (χ0n) is 9.42. The van der Waals surface area contributed by atoms with Gasteiger partial charge in [-0.05, 0) is 12.1 Å². The number of hydrogen-bond acceptors (Lipinski definition) is 3. The van der Waals surface area contributed by atoms with Crippen LogP contribution in [0.1, 0.15) is 0 Å². The number of benzene rings is 1. The maximum Gasteiger partial charge on any atom is 0.238 e. The van der Waals surface area contributed by atoms with Crippen molar-refractivity contribution in [1.29, 1.82) is 0 Å². The standard InChI is InChI=1S/C11H12Cl3N3O/c12-6-1-8(13)11(9(14)2-6)16-10(18)5-17-3-7(15)4-17/h1-2,7H,3-5,15H2,(H,16,18). The molecule has 1 fully saturated rings. The Morgan fingerprint density at radius 1 is 1.33 bits per heavy atom. The van der Waals surface area contributed by atoms with Crippen molar-refractivity contribution in [2.75, 3.05) is 25.0 Å². The number of nitrogens with zero attached hydrogens (tertiary/aromatic N) is 1. The highest BCUT2D eigenvalue weighted by Gasteiger charge is 2.25. The molecule has 0 aromatic heterocycles. The fraction of sp³-hybridized carbons (Fsp3) is 0.364. The number of nitrogens with one attached hydrogen (secondary N) is 1. The highest BCUT2D eigenvalue weighted by atomic mass is 35.5. The van der Waals surface area contributed by atoms with Crippen LogP contribution in [0.15, 0.2) is 12.1 Å². The van der Waals surface area contributed by atoms with Gasteiger partial charge in [0.15, 0.2) is 0 Å². The molecule has 1 amide bonds. The Labute approximate surface area is 120 Å². The molecule has 7 heteroatoms. The van der Waals surface area contributed by atoms with Gasteiger partial charge in [0.05, 0.1) is 22.3 Å². The summed E-state index contributed by atoms with van der Waals surface area (Å²) in [5, 5.41) is 3.74. The van der Waals surface area contributed by atoms with Gasteiger partial charge in [0.2, 0.25) is 5.91 Å². The summed E-state index contributed by atoms with van der Waals surface area (Å²) < 4.78 is 0. The maximum absolute atomic E-state index is 11.8. The van der Waals surface area contributed by atoms with E-state index in [0.717, 1.165) is 13.1 Å².